The largest absolute Gasteiger partial charge is 0.474 e. The van der Waals surface area contributed by atoms with Crippen molar-refractivity contribution in [1.82, 2.24) is 20.1 Å². The lowest BCUT2D eigenvalue weighted by atomic mass is 10.1. The van der Waals surface area contributed by atoms with E-state index in [1.165, 1.54) is 18.4 Å². The van der Waals surface area contributed by atoms with Gasteiger partial charge < -0.3 is 15.4 Å². The fraction of sp³-hybridized carbons (Fsp3) is 0.556. The predicted molar refractivity (Wildman–Crippen MR) is 93.0 cm³/mol. The van der Waals surface area contributed by atoms with Crippen LogP contribution >= 0.6 is 0 Å². The number of ether oxygens (including phenoxy) is 1. The molecule has 2 aromatic heterocycles. The maximum atomic E-state index is 5.98. The second kappa shape index (κ2) is 7.21. The van der Waals surface area contributed by atoms with Crippen LogP contribution in [0.25, 0.3) is 0 Å². The Labute approximate surface area is 142 Å². The Bertz CT molecular complexity index is 665. The first kappa shape index (κ1) is 15.4. The van der Waals surface area contributed by atoms with E-state index in [-0.39, 0.29) is 0 Å². The summed E-state index contributed by atoms with van der Waals surface area (Å²) in [5, 5.41) is 11.3. The van der Waals surface area contributed by atoms with Crippen LogP contribution < -0.4 is 15.4 Å². The van der Waals surface area contributed by atoms with Crippen LogP contribution in [-0.2, 0) is 13.1 Å². The predicted octanol–water partition coefficient (Wildman–Crippen LogP) is 2.43. The summed E-state index contributed by atoms with van der Waals surface area (Å²) in [5.74, 6) is 2.43. The molecule has 24 heavy (non-hydrogen) atoms. The maximum absolute atomic E-state index is 5.98. The zero-order valence-electron chi connectivity index (χ0n) is 13.9. The summed E-state index contributed by atoms with van der Waals surface area (Å²) in [6.07, 6.45) is 8.93. The molecule has 1 aliphatic heterocycles. The van der Waals surface area contributed by atoms with Crippen LogP contribution in [-0.4, -0.2) is 34.0 Å². The van der Waals surface area contributed by atoms with Gasteiger partial charge in [-0.1, -0.05) is 0 Å². The van der Waals surface area contributed by atoms with Crippen molar-refractivity contribution in [2.45, 2.75) is 44.9 Å². The normalized spacial score (nSPS) is 20.6. The molecular formula is C18H25N5O. The molecule has 0 radical (unpaired) electrons. The van der Waals surface area contributed by atoms with Crippen molar-refractivity contribution in [2.24, 2.45) is 5.92 Å². The molecule has 2 N–H and O–H groups in total. The summed E-state index contributed by atoms with van der Waals surface area (Å²) in [7, 11) is 0. The van der Waals surface area contributed by atoms with Gasteiger partial charge >= 0.3 is 0 Å². The van der Waals surface area contributed by atoms with Crippen LogP contribution in [0.2, 0.25) is 0 Å². The number of hydrogen-bond donors (Lipinski definition) is 2. The minimum atomic E-state index is 0.359. The summed E-state index contributed by atoms with van der Waals surface area (Å²) in [6, 6.07) is 6.14. The first-order valence-electron chi connectivity index (χ1n) is 8.95. The van der Waals surface area contributed by atoms with Gasteiger partial charge in [0.25, 0.3) is 0 Å². The second-order valence-electron chi connectivity index (χ2n) is 6.80. The minimum absolute atomic E-state index is 0.359. The van der Waals surface area contributed by atoms with E-state index in [4.69, 9.17) is 4.74 Å². The number of hydrogen-bond acceptors (Lipinski definition) is 5. The highest BCUT2D eigenvalue weighted by Gasteiger charge is 2.18. The Kier molecular flexibility index (Phi) is 4.64. The van der Waals surface area contributed by atoms with Gasteiger partial charge in [0, 0.05) is 50.4 Å². The molecule has 128 valence electrons. The molecule has 0 spiro atoms. The van der Waals surface area contributed by atoms with Gasteiger partial charge in [0.2, 0.25) is 5.88 Å². The zero-order chi connectivity index (χ0) is 16.2. The van der Waals surface area contributed by atoms with Crippen molar-refractivity contribution in [3.05, 3.63) is 36.2 Å². The van der Waals surface area contributed by atoms with Gasteiger partial charge in [0.1, 0.15) is 11.9 Å². The second-order valence-corrected chi connectivity index (χ2v) is 6.80. The fourth-order valence-corrected chi connectivity index (χ4v) is 3.55. The summed E-state index contributed by atoms with van der Waals surface area (Å²) >= 11 is 0. The monoisotopic (exact) mass is 327 g/mol. The Morgan fingerprint density at radius 3 is 3.08 bits per heavy atom. The van der Waals surface area contributed by atoms with E-state index in [0.717, 1.165) is 50.7 Å². The average molecular weight is 327 g/mol. The van der Waals surface area contributed by atoms with Crippen molar-refractivity contribution >= 4 is 5.82 Å². The molecule has 0 aromatic carbocycles. The van der Waals surface area contributed by atoms with Gasteiger partial charge in [-0.3, -0.25) is 0 Å². The van der Waals surface area contributed by atoms with Crippen LogP contribution in [0.5, 0.6) is 5.88 Å². The summed E-state index contributed by atoms with van der Waals surface area (Å²) in [6.45, 7) is 3.76. The highest BCUT2D eigenvalue weighted by molar-refractivity contribution is 5.35. The third-order valence-electron chi connectivity index (χ3n) is 4.87. The van der Waals surface area contributed by atoms with Crippen LogP contribution in [0.15, 0.2) is 30.6 Å². The number of pyridine rings is 1. The van der Waals surface area contributed by atoms with Gasteiger partial charge in [-0.2, -0.15) is 5.10 Å². The average Bonchev–Trinajstić information content (AvgIpc) is 3.26. The quantitative estimate of drug-likeness (QED) is 0.853. The molecule has 1 aliphatic carbocycles. The molecule has 6 heteroatoms. The number of rotatable bonds is 6. The highest BCUT2D eigenvalue weighted by atomic mass is 16.5. The number of fused-ring (bicyclic) bond motifs is 1. The van der Waals surface area contributed by atoms with E-state index in [2.05, 4.69) is 32.8 Å². The Morgan fingerprint density at radius 1 is 1.25 bits per heavy atom. The van der Waals surface area contributed by atoms with Crippen molar-refractivity contribution in [3.8, 4) is 5.88 Å². The fourth-order valence-electron chi connectivity index (χ4n) is 3.55. The molecule has 2 aromatic rings. The molecule has 0 saturated heterocycles. The minimum Gasteiger partial charge on any atom is -0.474 e. The third-order valence-corrected chi connectivity index (χ3v) is 4.87. The maximum Gasteiger partial charge on any atom is 0.213 e. The Hall–Kier alpha value is -2.08. The van der Waals surface area contributed by atoms with E-state index in [0.29, 0.717) is 12.0 Å². The first-order chi connectivity index (χ1) is 11.9. The topological polar surface area (TPSA) is 64.0 Å². The van der Waals surface area contributed by atoms with Crippen molar-refractivity contribution in [3.63, 3.8) is 0 Å². The van der Waals surface area contributed by atoms with Crippen LogP contribution in [0.4, 0.5) is 5.82 Å². The van der Waals surface area contributed by atoms with Gasteiger partial charge in [-0.25, -0.2) is 9.67 Å². The molecule has 2 aliphatic rings. The Balaban J connectivity index is 1.25. The van der Waals surface area contributed by atoms with E-state index < -0.39 is 0 Å². The number of nitrogens with one attached hydrogen (secondary N) is 2. The van der Waals surface area contributed by atoms with Crippen molar-refractivity contribution in [1.29, 1.82) is 0 Å². The summed E-state index contributed by atoms with van der Waals surface area (Å²) < 4.78 is 8.02. The van der Waals surface area contributed by atoms with Gasteiger partial charge in [-0.05, 0) is 37.3 Å². The van der Waals surface area contributed by atoms with Crippen LogP contribution in [0, 0.1) is 5.92 Å². The lowest BCUT2D eigenvalue weighted by Crippen LogP contribution is -2.35. The first-order valence-corrected chi connectivity index (χ1v) is 8.95. The molecular weight excluding hydrogens is 302 g/mol. The molecule has 1 saturated carbocycles. The van der Waals surface area contributed by atoms with Gasteiger partial charge in [-0.15, -0.1) is 0 Å². The molecule has 0 amide bonds. The van der Waals surface area contributed by atoms with Gasteiger partial charge in [0.05, 0.1) is 6.20 Å². The van der Waals surface area contributed by atoms with E-state index in [1.54, 1.807) is 0 Å². The van der Waals surface area contributed by atoms with Crippen LogP contribution in [0.3, 0.4) is 0 Å². The highest BCUT2D eigenvalue weighted by Crippen LogP contribution is 2.23. The van der Waals surface area contributed by atoms with E-state index in [9.17, 15) is 0 Å². The SMILES string of the molecule is c1cc(CNCC2CNc3ccnn3C2)cc(OC2CCCC2)n1. The van der Waals surface area contributed by atoms with E-state index >= 15 is 0 Å². The molecule has 0 bridgehead atoms. The molecule has 1 fully saturated rings. The van der Waals surface area contributed by atoms with E-state index in [1.807, 2.05) is 23.1 Å². The molecule has 3 heterocycles. The summed E-state index contributed by atoms with van der Waals surface area (Å²) in [4.78, 5) is 4.35. The number of nitrogens with zero attached hydrogens (tertiary/aromatic N) is 3. The number of aromatic nitrogens is 3. The van der Waals surface area contributed by atoms with Crippen LogP contribution in [0.1, 0.15) is 31.2 Å². The molecule has 1 unspecified atom stereocenters. The van der Waals surface area contributed by atoms with Gasteiger partial charge in [0.15, 0.2) is 0 Å². The lowest BCUT2D eigenvalue weighted by Gasteiger charge is -2.25. The smallest absolute Gasteiger partial charge is 0.213 e. The summed E-state index contributed by atoms with van der Waals surface area (Å²) in [5.41, 5.74) is 1.22. The molecule has 1 atom stereocenters. The van der Waals surface area contributed by atoms with Crippen molar-refractivity contribution < 1.29 is 4.74 Å². The van der Waals surface area contributed by atoms with Crippen molar-refractivity contribution in [2.75, 3.05) is 18.4 Å². The molecule has 4 rings (SSSR count). The number of anilines is 1. The lowest BCUT2D eigenvalue weighted by molar-refractivity contribution is 0.201. The zero-order valence-corrected chi connectivity index (χ0v) is 13.9. The standard InChI is InChI=1S/C18H25N5O/c1-2-4-16(3-1)24-18-9-14(5-7-20-18)10-19-11-15-12-21-17-6-8-22-23(17)13-15/h5-9,15-16,19,21H,1-4,10-13H2. The molecule has 6 nitrogen and oxygen atoms in total. The Morgan fingerprint density at radius 2 is 2.17 bits per heavy atom. The third kappa shape index (κ3) is 3.70.